The highest BCUT2D eigenvalue weighted by Gasteiger charge is 2.13. The van der Waals surface area contributed by atoms with E-state index < -0.39 is 6.10 Å². The molecule has 0 bridgehead atoms. The predicted molar refractivity (Wildman–Crippen MR) is 53.8 cm³/mol. The van der Waals surface area contributed by atoms with E-state index in [0.717, 1.165) is 10.6 Å². The Kier molecular flexibility index (Phi) is 2.20. The lowest BCUT2D eigenvalue weighted by atomic mass is 10.2. The molecule has 68 valence electrons. The summed E-state index contributed by atoms with van der Waals surface area (Å²) in [4.78, 5) is 0.988. The van der Waals surface area contributed by atoms with Crippen LogP contribution >= 0.6 is 11.3 Å². The Labute approximate surface area is 81.1 Å². The van der Waals surface area contributed by atoms with Gasteiger partial charge in [0.15, 0.2) is 0 Å². The first kappa shape index (κ1) is 8.53. The third-order valence-electron chi connectivity index (χ3n) is 2.08. The van der Waals surface area contributed by atoms with Crippen LogP contribution in [0, 0.1) is 0 Å². The fourth-order valence-corrected chi connectivity index (χ4v) is 2.07. The molecule has 2 heterocycles. The van der Waals surface area contributed by atoms with Crippen molar-refractivity contribution in [2.75, 3.05) is 0 Å². The second-order valence-electron chi connectivity index (χ2n) is 2.96. The van der Waals surface area contributed by atoms with E-state index in [1.54, 1.807) is 11.3 Å². The van der Waals surface area contributed by atoms with Crippen molar-refractivity contribution in [3.8, 4) is 0 Å². The van der Waals surface area contributed by atoms with Crippen LogP contribution in [-0.4, -0.2) is 9.67 Å². The molecule has 3 heteroatoms. The second kappa shape index (κ2) is 3.36. The minimum absolute atomic E-state index is 0.486. The van der Waals surface area contributed by atoms with Crippen LogP contribution in [0.25, 0.3) is 0 Å². The molecular weight excluding hydrogens is 182 g/mol. The Bertz CT molecular complexity index is 377. The zero-order valence-corrected chi connectivity index (χ0v) is 8.16. The molecule has 0 amide bonds. The van der Waals surface area contributed by atoms with Crippen molar-refractivity contribution in [2.45, 2.75) is 6.10 Å². The Morgan fingerprint density at radius 1 is 1.38 bits per heavy atom. The van der Waals surface area contributed by atoms with Gasteiger partial charge in [-0.05, 0) is 23.6 Å². The first-order valence-electron chi connectivity index (χ1n) is 4.12. The molecule has 1 N–H and O–H groups in total. The third kappa shape index (κ3) is 1.53. The van der Waals surface area contributed by atoms with Gasteiger partial charge in [0.25, 0.3) is 0 Å². The smallest absolute Gasteiger partial charge is 0.128 e. The summed E-state index contributed by atoms with van der Waals surface area (Å²) < 4.78 is 1.93. The van der Waals surface area contributed by atoms with Crippen LogP contribution in [0.4, 0.5) is 0 Å². The lowest BCUT2D eigenvalue weighted by Gasteiger charge is -2.09. The molecule has 0 aromatic carbocycles. The Balaban J connectivity index is 2.33. The van der Waals surface area contributed by atoms with Crippen molar-refractivity contribution in [3.63, 3.8) is 0 Å². The van der Waals surface area contributed by atoms with Gasteiger partial charge in [0, 0.05) is 18.1 Å². The highest BCUT2D eigenvalue weighted by molar-refractivity contribution is 7.10. The monoisotopic (exact) mass is 193 g/mol. The van der Waals surface area contributed by atoms with Crippen LogP contribution in [-0.2, 0) is 7.05 Å². The summed E-state index contributed by atoms with van der Waals surface area (Å²) in [7, 11) is 1.94. The zero-order valence-electron chi connectivity index (χ0n) is 7.34. The minimum Gasteiger partial charge on any atom is -0.381 e. The number of aryl methyl sites for hydroxylation is 1. The maximum absolute atomic E-state index is 9.94. The molecule has 0 radical (unpaired) electrons. The van der Waals surface area contributed by atoms with Crippen LogP contribution in [0.5, 0.6) is 0 Å². The maximum Gasteiger partial charge on any atom is 0.128 e. The van der Waals surface area contributed by atoms with E-state index in [-0.39, 0.29) is 0 Å². The van der Waals surface area contributed by atoms with E-state index >= 15 is 0 Å². The molecule has 0 saturated carbocycles. The first-order chi connectivity index (χ1) is 6.29. The Morgan fingerprint density at radius 2 is 2.23 bits per heavy atom. The van der Waals surface area contributed by atoms with Gasteiger partial charge in [0.05, 0.1) is 5.69 Å². The second-order valence-corrected chi connectivity index (χ2v) is 3.94. The summed E-state index contributed by atoms with van der Waals surface area (Å²) in [5.41, 5.74) is 0.933. The standard InChI is InChI=1S/C10H11NOS/c1-11-6-2-4-8(11)10(12)9-5-3-7-13-9/h2-7,10,12H,1H3. The molecular formula is C10H11NOS. The first-order valence-corrected chi connectivity index (χ1v) is 4.99. The Hall–Kier alpha value is -1.06. The third-order valence-corrected chi connectivity index (χ3v) is 3.00. The largest absolute Gasteiger partial charge is 0.381 e. The van der Waals surface area contributed by atoms with Crippen molar-refractivity contribution in [1.29, 1.82) is 0 Å². The van der Waals surface area contributed by atoms with Gasteiger partial charge in [0.2, 0.25) is 0 Å². The van der Waals surface area contributed by atoms with Crippen molar-refractivity contribution in [1.82, 2.24) is 4.57 Å². The number of rotatable bonds is 2. The number of aliphatic hydroxyl groups is 1. The van der Waals surface area contributed by atoms with Gasteiger partial charge < -0.3 is 9.67 Å². The molecule has 2 nitrogen and oxygen atoms in total. The summed E-state index contributed by atoms with van der Waals surface area (Å²) in [6.07, 6.45) is 1.45. The highest BCUT2D eigenvalue weighted by Crippen LogP contribution is 2.25. The SMILES string of the molecule is Cn1cccc1C(O)c1cccs1. The number of hydrogen-bond donors (Lipinski definition) is 1. The molecule has 0 fully saturated rings. The van der Waals surface area contributed by atoms with Gasteiger partial charge in [0.1, 0.15) is 6.10 Å². The van der Waals surface area contributed by atoms with Crippen molar-refractivity contribution in [2.24, 2.45) is 7.05 Å². The van der Waals surface area contributed by atoms with E-state index in [2.05, 4.69) is 0 Å². The zero-order chi connectivity index (χ0) is 9.26. The van der Waals surface area contributed by atoms with Crippen LogP contribution < -0.4 is 0 Å². The molecule has 0 saturated heterocycles. The van der Waals surface area contributed by atoms with Crippen LogP contribution in [0.2, 0.25) is 0 Å². The average molecular weight is 193 g/mol. The number of hydrogen-bond acceptors (Lipinski definition) is 2. The number of aliphatic hydroxyl groups excluding tert-OH is 1. The van der Waals surface area contributed by atoms with Crippen LogP contribution in [0.3, 0.4) is 0 Å². The van der Waals surface area contributed by atoms with Gasteiger partial charge in [-0.15, -0.1) is 11.3 Å². The Morgan fingerprint density at radius 3 is 2.77 bits per heavy atom. The van der Waals surface area contributed by atoms with Crippen molar-refractivity contribution in [3.05, 3.63) is 46.4 Å². The maximum atomic E-state index is 9.94. The molecule has 2 rings (SSSR count). The summed E-state index contributed by atoms with van der Waals surface area (Å²) in [6, 6.07) is 7.77. The molecule has 2 aromatic rings. The molecule has 2 aromatic heterocycles. The number of aromatic nitrogens is 1. The number of thiophene rings is 1. The van der Waals surface area contributed by atoms with Crippen LogP contribution in [0.1, 0.15) is 16.7 Å². The fourth-order valence-electron chi connectivity index (χ4n) is 1.35. The minimum atomic E-state index is -0.486. The van der Waals surface area contributed by atoms with E-state index in [9.17, 15) is 5.11 Å². The van der Waals surface area contributed by atoms with Gasteiger partial charge in [-0.25, -0.2) is 0 Å². The summed E-state index contributed by atoms with van der Waals surface area (Å²) in [6.45, 7) is 0. The fraction of sp³-hybridized carbons (Fsp3) is 0.200. The quantitative estimate of drug-likeness (QED) is 0.777. The molecule has 0 aliphatic carbocycles. The molecule has 0 spiro atoms. The van der Waals surface area contributed by atoms with Crippen molar-refractivity contribution >= 4 is 11.3 Å². The van der Waals surface area contributed by atoms with Crippen molar-refractivity contribution < 1.29 is 5.11 Å². The molecule has 0 aliphatic rings. The molecule has 1 atom stereocenters. The van der Waals surface area contributed by atoms with E-state index in [0.29, 0.717) is 0 Å². The number of nitrogens with zero attached hydrogens (tertiary/aromatic N) is 1. The summed E-state index contributed by atoms with van der Waals surface area (Å²) in [5, 5.41) is 11.9. The average Bonchev–Trinajstić information content (AvgIpc) is 2.72. The molecule has 0 aliphatic heterocycles. The van der Waals surface area contributed by atoms with Gasteiger partial charge in [-0.1, -0.05) is 6.07 Å². The normalized spacial score (nSPS) is 13.1. The summed E-state index contributed by atoms with van der Waals surface area (Å²) >= 11 is 1.57. The predicted octanol–water partition coefficient (Wildman–Crippen LogP) is 2.17. The van der Waals surface area contributed by atoms with E-state index in [1.807, 2.05) is 47.5 Å². The van der Waals surface area contributed by atoms with Gasteiger partial charge in [-0.2, -0.15) is 0 Å². The topological polar surface area (TPSA) is 25.2 Å². The molecule has 13 heavy (non-hydrogen) atoms. The van der Waals surface area contributed by atoms with Gasteiger partial charge >= 0.3 is 0 Å². The lowest BCUT2D eigenvalue weighted by Crippen LogP contribution is -2.02. The van der Waals surface area contributed by atoms with Gasteiger partial charge in [-0.3, -0.25) is 0 Å². The van der Waals surface area contributed by atoms with Crippen LogP contribution in [0.15, 0.2) is 35.8 Å². The highest BCUT2D eigenvalue weighted by atomic mass is 32.1. The lowest BCUT2D eigenvalue weighted by molar-refractivity contribution is 0.215. The molecule has 1 unspecified atom stereocenters. The summed E-state index contributed by atoms with van der Waals surface area (Å²) in [5.74, 6) is 0. The van der Waals surface area contributed by atoms with E-state index in [1.165, 1.54) is 0 Å². The van der Waals surface area contributed by atoms with E-state index in [4.69, 9.17) is 0 Å².